The molecule has 0 radical (unpaired) electrons. The molecular formula is C25H32FN5O3S. The smallest absolute Gasteiger partial charge is 0.261 e. The number of nitrogens with zero attached hydrogens (tertiary/aromatic N) is 3. The number of aliphatic hydroxyl groups excluding tert-OH is 1. The molecule has 10 heteroatoms. The molecule has 2 heterocycles. The van der Waals surface area contributed by atoms with Crippen molar-refractivity contribution >= 4 is 39.0 Å². The summed E-state index contributed by atoms with van der Waals surface area (Å²) in [5, 5.41) is 16.8. The van der Waals surface area contributed by atoms with Gasteiger partial charge in [0, 0.05) is 12.6 Å². The van der Waals surface area contributed by atoms with Crippen LogP contribution in [-0.2, 0) is 0 Å². The van der Waals surface area contributed by atoms with E-state index >= 15 is 0 Å². The number of amides is 1. The second-order valence-corrected chi connectivity index (χ2v) is 10.2. The number of halogens is 1. The first-order valence-corrected chi connectivity index (χ1v) is 12.7. The molecular weight excluding hydrogens is 469 g/mol. The number of aryl methyl sites for hydroxylation is 1. The molecule has 1 fully saturated rings. The van der Waals surface area contributed by atoms with Gasteiger partial charge in [0.1, 0.15) is 28.5 Å². The van der Waals surface area contributed by atoms with E-state index in [2.05, 4.69) is 25.5 Å². The fraction of sp³-hybridized carbons (Fsp3) is 0.480. The number of ether oxygens (including phenoxy) is 1. The highest BCUT2D eigenvalue weighted by molar-refractivity contribution is 7.20. The first-order chi connectivity index (χ1) is 16.8. The van der Waals surface area contributed by atoms with E-state index in [0.29, 0.717) is 59.2 Å². The molecule has 35 heavy (non-hydrogen) atoms. The van der Waals surface area contributed by atoms with Crippen LogP contribution in [0, 0.1) is 12.7 Å². The van der Waals surface area contributed by atoms with Crippen LogP contribution in [0.3, 0.4) is 0 Å². The third-order valence-corrected chi connectivity index (χ3v) is 7.33. The van der Waals surface area contributed by atoms with E-state index in [-0.39, 0.29) is 18.1 Å². The molecule has 0 saturated heterocycles. The molecule has 188 valence electrons. The van der Waals surface area contributed by atoms with Gasteiger partial charge in [-0.15, -0.1) is 11.3 Å². The van der Waals surface area contributed by atoms with Gasteiger partial charge in [-0.3, -0.25) is 4.79 Å². The van der Waals surface area contributed by atoms with E-state index in [1.54, 1.807) is 6.07 Å². The Bertz CT molecular complexity index is 1180. The first-order valence-electron chi connectivity index (χ1n) is 11.9. The van der Waals surface area contributed by atoms with Crippen molar-refractivity contribution in [2.45, 2.75) is 51.2 Å². The second kappa shape index (κ2) is 11.3. The molecule has 1 aromatic carbocycles. The van der Waals surface area contributed by atoms with Crippen molar-refractivity contribution in [1.29, 1.82) is 0 Å². The number of rotatable bonds is 9. The van der Waals surface area contributed by atoms with Gasteiger partial charge in [0.05, 0.1) is 28.2 Å². The number of carbonyl (C=O) groups is 1. The van der Waals surface area contributed by atoms with Crippen LogP contribution in [0.2, 0.25) is 0 Å². The Morgan fingerprint density at radius 1 is 1.26 bits per heavy atom. The third-order valence-electron chi connectivity index (χ3n) is 6.13. The zero-order valence-electron chi connectivity index (χ0n) is 20.3. The SMILES string of the molecule is Cc1c(C(=O)NCCCN(C)C)sc2ncnc(Nc3ccc(F)cc3OC3CCC(O)CC3)c12. The van der Waals surface area contributed by atoms with Gasteiger partial charge in [-0.25, -0.2) is 14.4 Å². The molecule has 0 atom stereocenters. The molecule has 1 aliphatic rings. The molecule has 0 aliphatic heterocycles. The number of aliphatic hydroxyl groups is 1. The molecule has 4 rings (SSSR count). The average Bonchev–Trinajstić information content (AvgIpc) is 3.17. The van der Waals surface area contributed by atoms with Crippen molar-refractivity contribution < 1.29 is 19.0 Å². The summed E-state index contributed by atoms with van der Waals surface area (Å²) in [4.78, 5) is 25.0. The van der Waals surface area contributed by atoms with Crippen LogP contribution in [0.5, 0.6) is 5.75 Å². The molecule has 2 aromatic heterocycles. The summed E-state index contributed by atoms with van der Waals surface area (Å²) in [6, 6.07) is 4.35. The predicted molar refractivity (Wildman–Crippen MR) is 136 cm³/mol. The van der Waals surface area contributed by atoms with Gasteiger partial charge >= 0.3 is 0 Å². The summed E-state index contributed by atoms with van der Waals surface area (Å²) in [5.74, 6) is 0.408. The summed E-state index contributed by atoms with van der Waals surface area (Å²) in [6.45, 7) is 3.38. The molecule has 1 amide bonds. The number of aromatic nitrogens is 2. The van der Waals surface area contributed by atoms with Crippen LogP contribution in [0.25, 0.3) is 10.2 Å². The van der Waals surface area contributed by atoms with E-state index in [0.717, 1.165) is 23.9 Å². The number of carbonyl (C=O) groups excluding carboxylic acids is 1. The van der Waals surface area contributed by atoms with Gasteiger partial charge in [-0.1, -0.05) is 0 Å². The van der Waals surface area contributed by atoms with Gasteiger partial charge < -0.3 is 25.4 Å². The fourth-order valence-electron chi connectivity index (χ4n) is 4.23. The van der Waals surface area contributed by atoms with Crippen molar-refractivity contribution in [1.82, 2.24) is 20.2 Å². The van der Waals surface area contributed by atoms with E-state index in [1.807, 2.05) is 21.0 Å². The summed E-state index contributed by atoms with van der Waals surface area (Å²) >= 11 is 1.33. The largest absolute Gasteiger partial charge is 0.488 e. The number of nitrogens with one attached hydrogen (secondary N) is 2. The fourth-order valence-corrected chi connectivity index (χ4v) is 5.29. The monoisotopic (exact) mass is 501 g/mol. The lowest BCUT2D eigenvalue weighted by Crippen LogP contribution is -2.26. The van der Waals surface area contributed by atoms with E-state index in [9.17, 15) is 14.3 Å². The van der Waals surface area contributed by atoms with E-state index < -0.39 is 5.82 Å². The van der Waals surface area contributed by atoms with Crippen LogP contribution < -0.4 is 15.4 Å². The lowest BCUT2D eigenvalue weighted by Gasteiger charge is -2.27. The Hall–Kier alpha value is -2.82. The van der Waals surface area contributed by atoms with Crippen LogP contribution in [-0.4, -0.2) is 65.3 Å². The minimum Gasteiger partial charge on any atom is -0.488 e. The Morgan fingerprint density at radius 3 is 2.77 bits per heavy atom. The molecule has 3 aromatic rings. The van der Waals surface area contributed by atoms with E-state index in [4.69, 9.17) is 4.74 Å². The lowest BCUT2D eigenvalue weighted by molar-refractivity contribution is 0.0668. The van der Waals surface area contributed by atoms with Gasteiger partial charge in [-0.05, 0) is 77.4 Å². The maximum absolute atomic E-state index is 14.1. The van der Waals surface area contributed by atoms with E-state index in [1.165, 1.54) is 29.8 Å². The standard InChI is InChI=1S/C25H32FN5O3S/c1-15-21-23(28-14-29-25(21)35-22(15)24(33)27-11-4-12-31(2)3)30-19-10-5-16(26)13-20(19)34-18-8-6-17(32)7-9-18/h5,10,13-14,17-18,32H,4,6-9,11-12H2,1-3H3,(H,27,33)(H,28,29,30). The quantitative estimate of drug-likeness (QED) is 0.377. The van der Waals surface area contributed by atoms with Crippen molar-refractivity contribution in [2.75, 3.05) is 32.5 Å². The minimum absolute atomic E-state index is 0.0863. The zero-order chi connectivity index (χ0) is 24.9. The lowest BCUT2D eigenvalue weighted by atomic mass is 9.95. The highest BCUT2D eigenvalue weighted by Crippen LogP contribution is 2.37. The van der Waals surface area contributed by atoms with Gasteiger partial charge in [0.2, 0.25) is 0 Å². The molecule has 3 N–H and O–H groups in total. The Labute approximate surface area is 208 Å². The number of thiophene rings is 1. The first kappa shape index (κ1) is 25.3. The maximum atomic E-state index is 14.1. The average molecular weight is 502 g/mol. The van der Waals surface area contributed by atoms with Crippen molar-refractivity contribution in [3.05, 3.63) is 40.8 Å². The van der Waals surface area contributed by atoms with Crippen LogP contribution >= 0.6 is 11.3 Å². The summed E-state index contributed by atoms with van der Waals surface area (Å²) in [5.41, 5.74) is 1.38. The number of fused-ring (bicyclic) bond motifs is 1. The highest BCUT2D eigenvalue weighted by atomic mass is 32.1. The Morgan fingerprint density at radius 2 is 2.03 bits per heavy atom. The van der Waals surface area contributed by atoms with Crippen LogP contribution in [0.1, 0.15) is 47.3 Å². The maximum Gasteiger partial charge on any atom is 0.261 e. The molecule has 0 bridgehead atoms. The van der Waals surface area contributed by atoms with Crippen LogP contribution in [0.4, 0.5) is 15.9 Å². The third kappa shape index (κ3) is 6.25. The number of hydrogen-bond acceptors (Lipinski definition) is 8. The molecule has 0 unspecified atom stereocenters. The van der Waals surface area contributed by atoms with Crippen LogP contribution in [0.15, 0.2) is 24.5 Å². The number of hydrogen-bond donors (Lipinski definition) is 3. The van der Waals surface area contributed by atoms with Crippen molar-refractivity contribution in [3.8, 4) is 5.75 Å². The molecule has 0 spiro atoms. The zero-order valence-corrected chi connectivity index (χ0v) is 21.1. The molecule has 1 aliphatic carbocycles. The number of benzene rings is 1. The minimum atomic E-state index is -0.394. The highest BCUT2D eigenvalue weighted by Gasteiger charge is 2.23. The molecule has 1 saturated carbocycles. The molecule has 8 nitrogen and oxygen atoms in total. The van der Waals surface area contributed by atoms with Gasteiger partial charge in [0.15, 0.2) is 0 Å². The normalized spacial score (nSPS) is 18.1. The summed E-state index contributed by atoms with van der Waals surface area (Å²) in [6.07, 6.45) is 4.70. The summed E-state index contributed by atoms with van der Waals surface area (Å²) in [7, 11) is 4.00. The Kier molecular flexibility index (Phi) is 8.15. The second-order valence-electron chi connectivity index (χ2n) is 9.19. The van der Waals surface area contributed by atoms with Gasteiger partial charge in [-0.2, -0.15) is 0 Å². The topological polar surface area (TPSA) is 99.6 Å². The van der Waals surface area contributed by atoms with Crippen molar-refractivity contribution in [3.63, 3.8) is 0 Å². The predicted octanol–water partition coefficient (Wildman–Crippen LogP) is 4.25. The summed E-state index contributed by atoms with van der Waals surface area (Å²) < 4.78 is 20.2. The van der Waals surface area contributed by atoms with Crippen molar-refractivity contribution in [2.24, 2.45) is 0 Å². The van der Waals surface area contributed by atoms with Gasteiger partial charge in [0.25, 0.3) is 5.91 Å². The Balaban J connectivity index is 1.55. The number of anilines is 2.